The fourth-order valence-electron chi connectivity index (χ4n) is 2.69. The number of aryl methyl sites for hydroxylation is 1. The van der Waals surface area contributed by atoms with Gasteiger partial charge in [-0.25, -0.2) is 18.7 Å². The van der Waals surface area contributed by atoms with Gasteiger partial charge in [-0.2, -0.15) is 8.42 Å². The van der Waals surface area contributed by atoms with E-state index in [1.165, 1.54) is 42.7 Å². The summed E-state index contributed by atoms with van der Waals surface area (Å²) >= 11 is 4.25. The van der Waals surface area contributed by atoms with Gasteiger partial charge < -0.3 is 9.88 Å². The molecule has 1 N–H and O–H groups in total. The molecule has 0 aliphatic carbocycles. The monoisotopic (exact) mass is 524 g/mol. The van der Waals surface area contributed by atoms with Gasteiger partial charge in [-0.3, -0.25) is 4.79 Å². The molecule has 0 bridgehead atoms. The minimum Gasteiger partial charge on any atom is -0.340 e. The number of rotatable bonds is 4. The van der Waals surface area contributed by atoms with E-state index in [0.717, 1.165) is 9.18 Å². The average molecular weight is 525 g/mol. The molecule has 160 valence electrons. The van der Waals surface area contributed by atoms with Crippen LogP contribution in [0.15, 0.2) is 57.6 Å². The molecule has 4 rings (SSSR count). The Morgan fingerprint density at radius 3 is 2.71 bits per heavy atom. The van der Waals surface area contributed by atoms with Crippen LogP contribution in [0.4, 0.5) is 10.1 Å². The minimum absolute atomic E-state index is 0.0377. The number of carbonyl (C=O) groups excluding carboxylic acids is 1. The molecule has 0 spiro atoms. The van der Waals surface area contributed by atoms with E-state index in [-0.39, 0.29) is 15.9 Å². The fraction of sp³-hybridized carbons (Fsp3) is 0.111. The maximum atomic E-state index is 13.4. The van der Waals surface area contributed by atoms with E-state index in [4.69, 9.17) is 0 Å². The van der Waals surface area contributed by atoms with Crippen LogP contribution in [0.3, 0.4) is 0 Å². The number of aromatic nitrogens is 3. The van der Waals surface area contributed by atoms with E-state index in [1.54, 1.807) is 23.3 Å². The molecule has 31 heavy (non-hydrogen) atoms. The van der Waals surface area contributed by atoms with Gasteiger partial charge in [0.2, 0.25) is 0 Å². The summed E-state index contributed by atoms with van der Waals surface area (Å²) in [6.45, 7) is 0. The molecule has 2 aromatic heterocycles. The first-order valence-corrected chi connectivity index (χ1v) is 11.7. The number of anilines is 1. The third kappa shape index (κ3) is 4.29. The molecule has 1 aliphatic heterocycles. The number of benzene rings is 1. The number of carbonyl (C=O) groups is 1. The Morgan fingerprint density at radius 2 is 2.03 bits per heavy atom. The lowest BCUT2D eigenvalue weighted by atomic mass is 10.2. The van der Waals surface area contributed by atoms with Crippen molar-refractivity contribution in [2.24, 2.45) is 11.4 Å². The first-order chi connectivity index (χ1) is 14.6. The van der Waals surface area contributed by atoms with Crippen LogP contribution in [-0.2, 0) is 22.1 Å². The summed E-state index contributed by atoms with van der Waals surface area (Å²) in [6.07, 6.45) is 6.36. The highest BCUT2D eigenvalue weighted by Gasteiger charge is 2.31. The van der Waals surface area contributed by atoms with Crippen molar-refractivity contribution in [3.63, 3.8) is 0 Å². The van der Waals surface area contributed by atoms with Gasteiger partial charge in [-0.1, -0.05) is 0 Å². The number of allylic oxidation sites excluding steroid dienone is 1. The third-order valence-electron chi connectivity index (χ3n) is 4.26. The van der Waals surface area contributed by atoms with Gasteiger partial charge in [-0.05, 0) is 40.2 Å². The predicted molar refractivity (Wildman–Crippen MR) is 118 cm³/mol. The van der Waals surface area contributed by atoms with E-state index in [2.05, 4.69) is 35.6 Å². The Bertz CT molecular complexity index is 1360. The Balaban J connectivity index is 1.66. The van der Waals surface area contributed by atoms with Gasteiger partial charge in [0.05, 0.1) is 21.4 Å². The van der Waals surface area contributed by atoms with Crippen molar-refractivity contribution in [1.29, 1.82) is 0 Å². The molecular weight excluding hydrogens is 511 g/mol. The molecule has 0 atom stereocenters. The SMILES string of the molecule is CN1C(C(=O)Nc2ccc(F)c(Br)c2)=CC(c2ncc(-c3cn(C)cn3)s2)=NS1(=O)=O. The van der Waals surface area contributed by atoms with Crippen LogP contribution < -0.4 is 5.32 Å². The van der Waals surface area contributed by atoms with E-state index in [0.29, 0.717) is 16.4 Å². The molecule has 0 saturated heterocycles. The first-order valence-electron chi connectivity index (χ1n) is 8.65. The number of amides is 1. The summed E-state index contributed by atoms with van der Waals surface area (Å²) < 4.78 is 45.0. The zero-order valence-corrected chi connectivity index (χ0v) is 19.3. The molecular formula is C18H14BrFN6O3S2. The molecule has 3 aromatic rings. The Labute approximate surface area is 189 Å². The minimum atomic E-state index is -4.14. The maximum absolute atomic E-state index is 13.4. The van der Waals surface area contributed by atoms with E-state index in [9.17, 15) is 17.6 Å². The van der Waals surface area contributed by atoms with E-state index >= 15 is 0 Å². The zero-order valence-electron chi connectivity index (χ0n) is 16.1. The topological polar surface area (TPSA) is 110 Å². The van der Waals surface area contributed by atoms with Crippen molar-refractivity contribution in [3.05, 3.63) is 64.0 Å². The lowest BCUT2D eigenvalue weighted by molar-refractivity contribution is -0.113. The molecule has 0 fully saturated rings. The van der Waals surface area contributed by atoms with Crippen molar-refractivity contribution in [3.8, 4) is 10.6 Å². The van der Waals surface area contributed by atoms with Crippen LogP contribution in [0.5, 0.6) is 0 Å². The largest absolute Gasteiger partial charge is 0.345 e. The summed E-state index contributed by atoms with van der Waals surface area (Å²) in [5.41, 5.74) is 0.864. The molecule has 9 nitrogen and oxygen atoms in total. The van der Waals surface area contributed by atoms with Crippen LogP contribution >= 0.6 is 27.3 Å². The van der Waals surface area contributed by atoms with Crippen LogP contribution in [0.1, 0.15) is 5.01 Å². The van der Waals surface area contributed by atoms with E-state index < -0.39 is 21.9 Å². The van der Waals surface area contributed by atoms with Gasteiger partial charge in [0, 0.05) is 32.2 Å². The second-order valence-electron chi connectivity index (χ2n) is 6.49. The van der Waals surface area contributed by atoms with Crippen molar-refractivity contribution >= 4 is 54.8 Å². The number of imidazole rings is 1. The summed E-state index contributed by atoms with van der Waals surface area (Å²) in [5.74, 6) is -1.19. The smallest absolute Gasteiger partial charge is 0.340 e. The molecule has 1 aromatic carbocycles. The highest BCUT2D eigenvalue weighted by atomic mass is 79.9. The molecule has 0 radical (unpaired) electrons. The van der Waals surface area contributed by atoms with Crippen molar-refractivity contribution in [2.45, 2.75) is 0 Å². The third-order valence-corrected chi connectivity index (χ3v) is 7.23. The van der Waals surface area contributed by atoms with Crippen molar-refractivity contribution < 1.29 is 17.6 Å². The standard InChI is InChI=1S/C18H14BrFN6O3S2/c1-25-8-14(22-9-25)16-7-21-18(30-16)13-6-15(26(2)31(28,29)24-13)17(27)23-10-3-4-12(20)11(19)5-10/h3-9H,1-2H3,(H,23,27). The van der Waals surface area contributed by atoms with Crippen LogP contribution in [0, 0.1) is 5.82 Å². The lowest BCUT2D eigenvalue weighted by Gasteiger charge is -2.23. The summed E-state index contributed by atoms with van der Waals surface area (Å²) in [5, 5.41) is 2.89. The highest BCUT2D eigenvalue weighted by molar-refractivity contribution is 9.10. The van der Waals surface area contributed by atoms with Gasteiger partial charge in [0.25, 0.3) is 5.91 Å². The van der Waals surface area contributed by atoms with E-state index in [1.807, 2.05) is 7.05 Å². The number of halogens is 2. The van der Waals surface area contributed by atoms with Crippen LogP contribution in [0.2, 0.25) is 0 Å². The van der Waals surface area contributed by atoms with Crippen molar-refractivity contribution in [2.75, 3.05) is 12.4 Å². The van der Waals surface area contributed by atoms with Crippen LogP contribution in [0.25, 0.3) is 10.6 Å². The number of likely N-dealkylation sites (N-methyl/N-ethyl adjacent to an activating group) is 1. The molecule has 0 saturated carbocycles. The molecule has 0 unspecified atom stereocenters. The Hall–Kier alpha value is -2.90. The van der Waals surface area contributed by atoms with Gasteiger partial charge in [-0.15, -0.1) is 15.7 Å². The average Bonchev–Trinajstić information content (AvgIpc) is 3.35. The lowest BCUT2D eigenvalue weighted by Crippen LogP contribution is -2.35. The molecule has 1 amide bonds. The number of hydrogen-bond acceptors (Lipinski definition) is 6. The number of nitrogens with zero attached hydrogens (tertiary/aromatic N) is 5. The van der Waals surface area contributed by atoms with Crippen molar-refractivity contribution in [1.82, 2.24) is 18.8 Å². The molecule has 1 aliphatic rings. The fourth-order valence-corrected chi connectivity index (χ4v) is 4.86. The Kier molecular flexibility index (Phi) is 5.49. The predicted octanol–water partition coefficient (Wildman–Crippen LogP) is 2.95. The zero-order chi connectivity index (χ0) is 22.3. The second-order valence-corrected chi connectivity index (χ2v) is 10.00. The van der Waals surface area contributed by atoms with Gasteiger partial charge >= 0.3 is 10.2 Å². The number of thiazole rings is 1. The number of hydrogen-bond donors (Lipinski definition) is 1. The summed E-state index contributed by atoms with van der Waals surface area (Å²) in [6, 6.07) is 3.92. The van der Waals surface area contributed by atoms with Crippen LogP contribution in [-0.4, -0.2) is 45.9 Å². The molecule has 13 heteroatoms. The quantitative estimate of drug-likeness (QED) is 0.564. The normalized spacial score (nSPS) is 15.4. The highest BCUT2D eigenvalue weighted by Crippen LogP contribution is 2.28. The second kappa shape index (κ2) is 7.98. The Morgan fingerprint density at radius 1 is 1.26 bits per heavy atom. The van der Waals surface area contributed by atoms with Gasteiger partial charge in [0.1, 0.15) is 22.2 Å². The molecule has 3 heterocycles. The maximum Gasteiger partial charge on any atom is 0.345 e. The summed E-state index contributed by atoms with van der Waals surface area (Å²) in [4.78, 5) is 22.0. The first kappa shape index (κ1) is 21.3. The van der Waals surface area contributed by atoms with Gasteiger partial charge in [0.15, 0.2) is 0 Å². The summed E-state index contributed by atoms with van der Waals surface area (Å²) in [7, 11) is -1.08. The number of nitrogens with one attached hydrogen (secondary N) is 1.